The molecule has 2 aliphatic heterocycles. The SMILES string of the molecule is Cn1cc(S(=O)(=O)NCCCc2ccc3c(c2)C(=O)N(C2CCC(=O)NC2=O)C3=O)cn1. The molecule has 1 atom stereocenters. The number of carbonyl (C=O) groups is 4. The Balaban J connectivity index is 1.39. The quantitative estimate of drug-likeness (QED) is 0.428. The van der Waals surface area contributed by atoms with Crippen molar-refractivity contribution in [2.75, 3.05) is 6.54 Å². The van der Waals surface area contributed by atoms with Gasteiger partial charge in [-0.3, -0.25) is 34.1 Å². The summed E-state index contributed by atoms with van der Waals surface area (Å²) in [5.41, 5.74) is 1.17. The molecule has 2 N–H and O–H groups in total. The summed E-state index contributed by atoms with van der Waals surface area (Å²) in [7, 11) is -2.02. The summed E-state index contributed by atoms with van der Waals surface area (Å²) in [4.78, 5) is 50.0. The van der Waals surface area contributed by atoms with Gasteiger partial charge in [0.2, 0.25) is 21.8 Å². The van der Waals surface area contributed by atoms with Crippen molar-refractivity contribution in [3.63, 3.8) is 0 Å². The molecule has 0 radical (unpaired) electrons. The third kappa shape index (κ3) is 4.06. The number of sulfonamides is 1. The van der Waals surface area contributed by atoms with E-state index in [1.54, 1.807) is 19.2 Å². The lowest BCUT2D eigenvalue weighted by atomic mass is 10.0. The summed E-state index contributed by atoms with van der Waals surface area (Å²) < 4.78 is 28.3. The molecule has 3 heterocycles. The number of aromatic nitrogens is 2. The molecule has 4 amide bonds. The van der Waals surface area contributed by atoms with Crippen molar-refractivity contribution in [1.82, 2.24) is 24.7 Å². The van der Waals surface area contributed by atoms with E-state index in [1.807, 2.05) is 0 Å². The van der Waals surface area contributed by atoms with Gasteiger partial charge in [-0.2, -0.15) is 5.10 Å². The molecule has 4 rings (SSSR count). The monoisotopic (exact) mass is 459 g/mol. The molecule has 2 aliphatic rings. The maximum absolute atomic E-state index is 12.8. The lowest BCUT2D eigenvalue weighted by Gasteiger charge is -2.27. The third-order valence-electron chi connectivity index (χ3n) is 5.43. The summed E-state index contributed by atoms with van der Waals surface area (Å²) in [6.45, 7) is 0.184. The molecule has 1 aromatic heterocycles. The van der Waals surface area contributed by atoms with E-state index in [2.05, 4.69) is 15.1 Å². The van der Waals surface area contributed by atoms with Crippen molar-refractivity contribution >= 4 is 33.7 Å². The fourth-order valence-electron chi connectivity index (χ4n) is 3.79. The number of benzene rings is 1. The molecular formula is C20H21N5O6S. The van der Waals surface area contributed by atoms with E-state index >= 15 is 0 Å². The van der Waals surface area contributed by atoms with Crippen LogP contribution in [-0.4, -0.2) is 59.3 Å². The van der Waals surface area contributed by atoms with E-state index in [9.17, 15) is 27.6 Å². The number of rotatable bonds is 7. The van der Waals surface area contributed by atoms with Gasteiger partial charge in [0.1, 0.15) is 10.9 Å². The molecule has 11 nitrogen and oxygen atoms in total. The van der Waals surface area contributed by atoms with E-state index in [0.717, 1.165) is 10.5 Å². The van der Waals surface area contributed by atoms with Crippen LogP contribution in [0.15, 0.2) is 35.5 Å². The van der Waals surface area contributed by atoms with Crippen LogP contribution in [-0.2, 0) is 33.1 Å². The first-order chi connectivity index (χ1) is 15.2. The highest BCUT2D eigenvalue weighted by molar-refractivity contribution is 7.89. The van der Waals surface area contributed by atoms with Gasteiger partial charge in [-0.15, -0.1) is 0 Å². The van der Waals surface area contributed by atoms with E-state index in [0.29, 0.717) is 12.8 Å². The van der Waals surface area contributed by atoms with Crippen molar-refractivity contribution < 1.29 is 27.6 Å². The number of hydrogen-bond donors (Lipinski definition) is 2. The van der Waals surface area contributed by atoms with Gasteiger partial charge < -0.3 is 0 Å². The number of nitrogens with one attached hydrogen (secondary N) is 2. The maximum Gasteiger partial charge on any atom is 0.262 e. The van der Waals surface area contributed by atoms with Gasteiger partial charge in [-0.1, -0.05) is 6.07 Å². The number of piperidine rings is 1. The van der Waals surface area contributed by atoms with Crippen molar-refractivity contribution in [2.45, 2.75) is 36.6 Å². The van der Waals surface area contributed by atoms with Crippen LogP contribution in [0.3, 0.4) is 0 Å². The van der Waals surface area contributed by atoms with Crippen molar-refractivity contribution in [3.05, 3.63) is 47.3 Å². The van der Waals surface area contributed by atoms with E-state index in [-0.39, 0.29) is 35.4 Å². The van der Waals surface area contributed by atoms with Gasteiger partial charge >= 0.3 is 0 Å². The summed E-state index contributed by atoms with van der Waals surface area (Å²) >= 11 is 0. The molecule has 1 unspecified atom stereocenters. The first-order valence-electron chi connectivity index (χ1n) is 10.0. The highest BCUT2D eigenvalue weighted by atomic mass is 32.2. The number of carbonyl (C=O) groups excluding carboxylic acids is 4. The zero-order valence-corrected chi connectivity index (χ0v) is 18.0. The fraction of sp³-hybridized carbons (Fsp3) is 0.350. The standard InChI is InChI=1S/C20H21N5O6S/c1-24-11-13(10-21-24)32(30,31)22-8-2-3-12-4-5-14-15(9-12)20(29)25(19(14)28)16-6-7-17(26)23-18(16)27/h4-5,9-11,16,22H,2-3,6-8H2,1H3,(H,23,26,27). The number of aryl methyl sites for hydroxylation is 2. The van der Waals surface area contributed by atoms with Crippen LogP contribution < -0.4 is 10.0 Å². The average Bonchev–Trinajstić information content (AvgIpc) is 3.28. The zero-order valence-electron chi connectivity index (χ0n) is 17.2. The highest BCUT2D eigenvalue weighted by Gasteiger charge is 2.44. The molecule has 1 fully saturated rings. The van der Waals surface area contributed by atoms with Crippen LogP contribution in [0.5, 0.6) is 0 Å². The van der Waals surface area contributed by atoms with Crippen LogP contribution in [0.4, 0.5) is 0 Å². The van der Waals surface area contributed by atoms with Crippen molar-refractivity contribution in [1.29, 1.82) is 0 Å². The number of nitrogens with zero attached hydrogens (tertiary/aromatic N) is 3. The van der Waals surface area contributed by atoms with Crippen LogP contribution in [0.1, 0.15) is 45.5 Å². The molecule has 32 heavy (non-hydrogen) atoms. The molecule has 0 spiro atoms. The van der Waals surface area contributed by atoms with E-state index in [4.69, 9.17) is 0 Å². The molecular weight excluding hydrogens is 438 g/mol. The maximum atomic E-state index is 12.8. The van der Waals surface area contributed by atoms with Crippen molar-refractivity contribution in [3.8, 4) is 0 Å². The summed E-state index contributed by atoms with van der Waals surface area (Å²) in [5.74, 6) is -2.21. The second kappa shape index (κ2) is 8.28. The first kappa shape index (κ1) is 21.8. The Bertz CT molecular complexity index is 1230. The van der Waals surface area contributed by atoms with Gasteiger partial charge in [0.25, 0.3) is 11.8 Å². The minimum Gasteiger partial charge on any atom is -0.295 e. The number of amides is 4. The van der Waals surface area contributed by atoms with Gasteiger partial charge in [0.15, 0.2) is 0 Å². The molecule has 12 heteroatoms. The Hall–Kier alpha value is -3.38. The summed E-state index contributed by atoms with van der Waals surface area (Å²) in [6, 6.07) is 3.83. The second-order valence-corrected chi connectivity index (χ2v) is 9.45. The van der Waals surface area contributed by atoms with Crippen LogP contribution in [0.25, 0.3) is 0 Å². The van der Waals surface area contributed by atoms with Gasteiger partial charge in [0.05, 0.1) is 17.3 Å². The van der Waals surface area contributed by atoms with Gasteiger partial charge in [-0.05, 0) is 37.0 Å². The van der Waals surface area contributed by atoms with Crippen LogP contribution in [0.2, 0.25) is 0 Å². The van der Waals surface area contributed by atoms with E-state index < -0.39 is 39.7 Å². The molecule has 1 saturated heterocycles. The third-order valence-corrected chi connectivity index (χ3v) is 6.85. The smallest absolute Gasteiger partial charge is 0.262 e. The van der Waals surface area contributed by atoms with Gasteiger partial charge in [-0.25, -0.2) is 13.1 Å². The van der Waals surface area contributed by atoms with Crippen molar-refractivity contribution in [2.24, 2.45) is 7.05 Å². The highest BCUT2D eigenvalue weighted by Crippen LogP contribution is 2.28. The lowest BCUT2D eigenvalue weighted by Crippen LogP contribution is -2.54. The predicted octanol–water partition coefficient (Wildman–Crippen LogP) is -0.268. The fourth-order valence-corrected chi connectivity index (χ4v) is 4.85. The predicted molar refractivity (Wildman–Crippen MR) is 110 cm³/mol. The van der Waals surface area contributed by atoms with Crippen LogP contribution in [0, 0.1) is 0 Å². The molecule has 168 valence electrons. The molecule has 2 aromatic rings. The second-order valence-electron chi connectivity index (χ2n) is 7.68. The summed E-state index contributed by atoms with van der Waals surface area (Å²) in [5, 5.41) is 6.01. The first-order valence-corrected chi connectivity index (χ1v) is 11.5. The topological polar surface area (TPSA) is 148 Å². The Morgan fingerprint density at radius 2 is 1.91 bits per heavy atom. The minimum absolute atomic E-state index is 0.0595. The number of imide groups is 2. The average molecular weight is 459 g/mol. The molecule has 0 bridgehead atoms. The number of fused-ring (bicyclic) bond motifs is 1. The molecule has 0 saturated carbocycles. The van der Waals surface area contributed by atoms with Crippen LogP contribution >= 0.6 is 0 Å². The zero-order chi connectivity index (χ0) is 23.0. The normalized spacial score (nSPS) is 18.8. The Morgan fingerprint density at radius 3 is 2.59 bits per heavy atom. The Morgan fingerprint density at radius 1 is 1.16 bits per heavy atom. The Kier molecular flexibility index (Phi) is 5.65. The lowest BCUT2D eigenvalue weighted by molar-refractivity contribution is -0.136. The molecule has 0 aliphatic carbocycles. The van der Waals surface area contributed by atoms with E-state index in [1.165, 1.54) is 23.1 Å². The Labute approximate surface area is 183 Å². The minimum atomic E-state index is -3.65. The number of hydrogen-bond acceptors (Lipinski definition) is 7. The summed E-state index contributed by atoms with van der Waals surface area (Å²) in [6.07, 6.45) is 3.77. The van der Waals surface area contributed by atoms with Gasteiger partial charge in [0, 0.05) is 26.2 Å². The largest absolute Gasteiger partial charge is 0.295 e. The molecule has 1 aromatic carbocycles.